The molecular weight excluding hydrogens is 300 g/mol. The molecule has 0 atom stereocenters. The zero-order valence-electron chi connectivity index (χ0n) is 13.5. The third-order valence-corrected chi connectivity index (χ3v) is 4.11. The fourth-order valence-corrected chi connectivity index (χ4v) is 3.06. The number of benzene rings is 1. The molecule has 1 aromatic carbocycles. The second kappa shape index (κ2) is 5.73. The maximum Gasteiger partial charge on any atom is 0.425 e. The van der Waals surface area contributed by atoms with Crippen LogP contribution in [0.2, 0.25) is 0 Å². The number of para-hydroxylation sites is 1. The monoisotopic (exact) mass is 320 g/mol. The Bertz CT molecular complexity index is 635. The van der Waals surface area contributed by atoms with Gasteiger partial charge >= 0.3 is 6.09 Å². The summed E-state index contributed by atoms with van der Waals surface area (Å²) in [5.74, 6) is 1.04. The van der Waals surface area contributed by atoms with Crippen LogP contribution in [-0.4, -0.2) is 27.8 Å². The van der Waals surface area contributed by atoms with E-state index in [-0.39, 0.29) is 5.60 Å². The number of fused-ring (bicyclic) bond motifs is 1. The fourth-order valence-electron chi connectivity index (χ4n) is 2.23. The lowest BCUT2D eigenvalue weighted by Gasteiger charge is -2.23. The van der Waals surface area contributed by atoms with Gasteiger partial charge in [-0.05, 0) is 45.7 Å². The Morgan fingerprint density at radius 2 is 2.18 bits per heavy atom. The van der Waals surface area contributed by atoms with Gasteiger partial charge in [0.2, 0.25) is 0 Å². The molecule has 22 heavy (non-hydrogen) atoms. The first-order valence-electron chi connectivity index (χ1n) is 7.00. The van der Waals surface area contributed by atoms with E-state index in [2.05, 4.69) is 6.07 Å². The lowest BCUT2D eigenvalue weighted by Crippen LogP contribution is -2.29. The standard InChI is InChI=1S/C16H20N2O3S/c1-15(2)9-11-7-6-8-12(13(11)21-15)20-14(19)18(5)22-16(3,4)10-17/h6-8H,9H2,1-5H3. The van der Waals surface area contributed by atoms with Gasteiger partial charge in [-0.15, -0.1) is 0 Å². The zero-order chi connectivity index (χ0) is 16.5. The van der Waals surface area contributed by atoms with E-state index in [0.29, 0.717) is 11.5 Å². The smallest absolute Gasteiger partial charge is 0.425 e. The zero-order valence-corrected chi connectivity index (χ0v) is 14.3. The molecule has 0 aromatic heterocycles. The van der Waals surface area contributed by atoms with E-state index in [1.54, 1.807) is 27.0 Å². The van der Waals surface area contributed by atoms with Crippen LogP contribution in [0.3, 0.4) is 0 Å². The van der Waals surface area contributed by atoms with Crippen LogP contribution in [0.4, 0.5) is 4.79 Å². The molecule has 0 bridgehead atoms. The second-order valence-corrected chi connectivity index (χ2v) is 8.11. The van der Waals surface area contributed by atoms with Crippen molar-refractivity contribution in [2.45, 2.75) is 44.5 Å². The normalized spacial score (nSPS) is 15.5. The number of nitrogens with zero attached hydrogens (tertiary/aromatic N) is 2. The summed E-state index contributed by atoms with van der Waals surface area (Å²) in [6.07, 6.45) is 0.245. The van der Waals surface area contributed by atoms with Gasteiger partial charge in [-0.3, -0.25) is 4.31 Å². The minimum absolute atomic E-state index is 0.297. The first-order valence-corrected chi connectivity index (χ1v) is 7.78. The van der Waals surface area contributed by atoms with Crippen LogP contribution in [-0.2, 0) is 6.42 Å². The lowest BCUT2D eigenvalue weighted by atomic mass is 10.0. The SMILES string of the molecule is CN(SC(C)(C)C#N)C(=O)Oc1cccc2c1OC(C)(C)C2. The highest BCUT2D eigenvalue weighted by Gasteiger charge is 2.33. The first-order chi connectivity index (χ1) is 10.1. The summed E-state index contributed by atoms with van der Waals surface area (Å²) >= 11 is 1.12. The van der Waals surface area contributed by atoms with Crippen molar-refractivity contribution >= 4 is 18.0 Å². The van der Waals surface area contributed by atoms with Gasteiger partial charge in [0.15, 0.2) is 11.5 Å². The quantitative estimate of drug-likeness (QED) is 0.793. The Labute approximate surface area is 135 Å². The van der Waals surface area contributed by atoms with Crippen molar-refractivity contribution in [2.75, 3.05) is 7.05 Å². The number of hydrogen-bond acceptors (Lipinski definition) is 5. The number of amides is 1. The molecule has 1 amide bonds. The van der Waals surface area contributed by atoms with Crippen molar-refractivity contribution in [3.05, 3.63) is 23.8 Å². The summed E-state index contributed by atoms with van der Waals surface area (Å²) in [5.41, 5.74) is 0.733. The average Bonchev–Trinajstić information content (AvgIpc) is 2.73. The molecule has 0 fully saturated rings. The van der Waals surface area contributed by atoms with Crippen LogP contribution in [0.15, 0.2) is 18.2 Å². The molecule has 0 saturated carbocycles. The third-order valence-electron chi connectivity index (χ3n) is 3.14. The van der Waals surface area contributed by atoms with Gasteiger partial charge in [-0.25, -0.2) is 4.79 Å². The molecule has 0 aliphatic carbocycles. The Morgan fingerprint density at radius 3 is 2.82 bits per heavy atom. The highest BCUT2D eigenvalue weighted by molar-refractivity contribution is 7.99. The predicted octanol–water partition coefficient (Wildman–Crippen LogP) is 3.78. The van der Waals surface area contributed by atoms with Crippen molar-refractivity contribution in [3.63, 3.8) is 0 Å². The van der Waals surface area contributed by atoms with Gasteiger partial charge in [0.25, 0.3) is 0 Å². The summed E-state index contributed by atoms with van der Waals surface area (Å²) in [6.45, 7) is 7.48. The Hall–Kier alpha value is -1.87. The van der Waals surface area contributed by atoms with E-state index in [9.17, 15) is 4.79 Å². The molecule has 5 nitrogen and oxygen atoms in total. The predicted molar refractivity (Wildman–Crippen MR) is 85.9 cm³/mol. The van der Waals surface area contributed by atoms with E-state index >= 15 is 0 Å². The van der Waals surface area contributed by atoms with E-state index < -0.39 is 10.8 Å². The Balaban J connectivity index is 2.12. The number of ether oxygens (including phenoxy) is 2. The number of nitriles is 1. The van der Waals surface area contributed by atoms with Crippen molar-refractivity contribution < 1.29 is 14.3 Å². The van der Waals surface area contributed by atoms with Gasteiger partial charge in [0, 0.05) is 19.0 Å². The maximum atomic E-state index is 12.2. The Kier molecular flexibility index (Phi) is 4.30. The molecule has 0 saturated heterocycles. The van der Waals surface area contributed by atoms with Gasteiger partial charge in [0.05, 0.1) is 6.07 Å². The number of carbonyl (C=O) groups is 1. The van der Waals surface area contributed by atoms with Crippen molar-refractivity contribution in [1.82, 2.24) is 4.31 Å². The highest BCUT2D eigenvalue weighted by atomic mass is 32.2. The van der Waals surface area contributed by atoms with Crippen LogP contribution in [0, 0.1) is 11.3 Å². The third kappa shape index (κ3) is 3.66. The largest absolute Gasteiger partial charge is 0.483 e. The van der Waals surface area contributed by atoms with Crippen molar-refractivity contribution in [2.24, 2.45) is 0 Å². The molecule has 2 rings (SSSR count). The van der Waals surface area contributed by atoms with E-state index in [0.717, 1.165) is 23.9 Å². The molecule has 1 aliphatic heterocycles. The number of rotatable bonds is 3. The summed E-state index contributed by atoms with van der Waals surface area (Å²) in [7, 11) is 1.58. The highest BCUT2D eigenvalue weighted by Crippen LogP contribution is 2.42. The van der Waals surface area contributed by atoms with E-state index in [1.807, 2.05) is 26.0 Å². The van der Waals surface area contributed by atoms with Gasteiger partial charge in [-0.2, -0.15) is 5.26 Å². The lowest BCUT2D eigenvalue weighted by molar-refractivity contribution is 0.132. The molecule has 0 N–H and O–H groups in total. The Morgan fingerprint density at radius 1 is 1.50 bits per heavy atom. The molecule has 6 heteroatoms. The minimum atomic E-state index is -0.703. The molecule has 118 valence electrons. The molecule has 0 radical (unpaired) electrons. The summed E-state index contributed by atoms with van der Waals surface area (Å²) in [5, 5.41) is 9.03. The fraction of sp³-hybridized carbons (Fsp3) is 0.500. The van der Waals surface area contributed by atoms with Gasteiger partial charge in [0.1, 0.15) is 10.3 Å². The summed E-state index contributed by atoms with van der Waals surface area (Å²) in [6, 6.07) is 7.66. The maximum absolute atomic E-state index is 12.2. The molecule has 1 aliphatic rings. The molecular formula is C16H20N2O3S. The van der Waals surface area contributed by atoms with Gasteiger partial charge in [-0.1, -0.05) is 12.1 Å². The first kappa shape index (κ1) is 16.5. The van der Waals surface area contributed by atoms with Crippen LogP contribution in [0.25, 0.3) is 0 Å². The molecule has 1 aromatic rings. The minimum Gasteiger partial charge on any atom is -0.483 e. The van der Waals surface area contributed by atoms with Crippen molar-refractivity contribution in [3.8, 4) is 17.6 Å². The van der Waals surface area contributed by atoms with Crippen LogP contribution < -0.4 is 9.47 Å². The van der Waals surface area contributed by atoms with E-state index in [1.165, 1.54) is 4.31 Å². The van der Waals surface area contributed by atoms with Crippen LogP contribution >= 0.6 is 11.9 Å². The second-order valence-electron chi connectivity index (χ2n) is 6.36. The summed E-state index contributed by atoms with van der Waals surface area (Å²) < 4.78 is 11.9. The average molecular weight is 320 g/mol. The topological polar surface area (TPSA) is 62.6 Å². The van der Waals surface area contributed by atoms with Crippen molar-refractivity contribution in [1.29, 1.82) is 5.26 Å². The number of carbonyl (C=O) groups excluding carboxylic acids is 1. The number of hydrogen-bond donors (Lipinski definition) is 0. The summed E-state index contributed by atoms with van der Waals surface area (Å²) in [4.78, 5) is 12.2. The van der Waals surface area contributed by atoms with Gasteiger partial charge < -0.3 is 9.47 Å². The van der Waals surface area contributed by atoms with E-state index in [4.69, 9.17) is 14.7 Å². The molecule has 0 unspecified atom stereocenters. The molecule has 0 spiro atoms. The molecule has 1 heterocycles. The van der Waals surface area contributed by atoms with Crippen LogP contribution in [0.5, 0.6) is 11.5 Å². The van der Waals surface area contributed by atoms with Crippen LogP contribution in [0.1, 0.15) is 33.3 Å².